The molecule has 1 aromatic carbocycles. The van der Waals surface area contributed by atoms with Gasteiger partial charge in [-0.15, -0.1) is 0 Å². The molecule has 2 rings (SSSR count). The zero-order valence-corrected chi connectivity index (χ0v) is 12.5. The number of carbonyl (C=O) groups excluding carboxylic acids is 1. The number of hydrogen-bond acceptors (Lipinski definition) is 5. The fraction of sp³-hybridized carbons (Fsp3) is 0. The molecule has 0 spiro atoms. The van der Waals surface area contributed by atoms with Gasteiger partial charge >= 0.3 is 0 Å². The predicted octanol–water partition coefficient (Wildman–Crippen LogP) is 2.77. The summed E-state index contributed by atoms with van der Waals surface area (Å²) in [6, 6.07) is 8.41. The average molecular weight is 337 g/mol. The monoisotopic (exact) mass is 336 g/mol. The Bertz CT molecular complexity index is 719. The van der Waals surface area contributed by atoms with Crippen molar-refractivity contribution in [1.29, 1.82) is 0 Å². The summed E-state index contributed by atoms with van der Waals surface area (Å²) < 4.78 is 0. The van der Waals surface area contributed by atoms with E-state index in [0.29, 0.717) is 10.8 Å². The molecule has 2 aromatic rings. The Morgan fingerprint density at radius 3 is 2.45 bits per heavy atom. The van der Waals surface area contributed by atoms with Crippen molar-refractivity contribution in [2.24, 2.45) is 0 Å². The number of rotatable bonds is 3. The van der Waals surface area contributed by atoms with Crippen LogP contribution in [0.4, 0.5) is 11.4 Å². The van der Waals surface area contributed by atoms with Crippen LogP contribution in [0.5, 0.6) is 0 Å². The average Bonchev–Trinajstić information content (AvgIpc) is 2.49. The van der Waals surface area contributed by atoms with Crippen LogP contribution in [0.15, 0.2) is 42.6 Å². The van der Waals surface area contributed by atoms with Crippen LogP contribution in [0.2, 0.25) is 5.15 Å². The molecule has 0 radical (unpaired) electrons. The molecular weight excluding hydrogens is 328 g/mol. The van der Waals surface area contributed by atoms with E-state index in [-0.39, 0.29) is 16.4 Å². The maximum Gasteiger partial charge on any atom is 0.269 e. The number of thiocarbonyl (C=S) groups is 1. The maximum atomic E-state index is 11.9. The molecule has 0 saturated carbocycles. The highest BCUT2D eigenvalue weighted by atomic mass is 35.5. The Kier molecular flexibility index (Phi) is 4.97. The maximum absolute atomic E-state index is 11.9. The third kappa shape index (κ3) is 4.21. The van der Waals surface area contributed by atoms with Crippen LogP contribution < -0.4 is 10.6 Å². The Morgan fingerprint density at radius 2 is 1.91 bits per heavy atom. The van der Waals surface area contributed by atoms with Crippen molar-refractivity contribution in [3.63, 3.8) is 0 Å². The first kappa shape index (κ1) is 15.8. The third-order valence-corrected chi connectivity index (χ3v) is 2.98. The smallest absolute Gasteiger partial charge is 0.269 e. The third-order valence-electron chi connectivity index (χ3n) is 2.55. The molecular formula is C13H9ClN4O3S. The van der Waals surface area contributed by atoms with Gasteiger partial charge in [-0.1, -0.05) is 11.6 Å². The number of nitro groups is 1. The van der Waals surface area contributed by atoms with E-state index in [9.17, 15) is 14.9 Å². The minimum absolute atomic E-state index is 0.0764. The number of amides is 1. The zero-order valence-electron chi connectivity index (χ0n) is 10.9. The molecule has 1 heterocycles. The molecule has 0 fully saturated rings. The SMILES string of the molecule is O=C(NC(=S)Nc1ccc(Cl)nc1)c1ccc([N+](=O)[O-])cc1. The van der Waals surface area contributed by atoms with Crippen molar-refractivity contribution >= 4 is 46.2 Å². The highest BCUT2D eigenvalue weighted by molar-refractivity contribution is 7.80. The normalized spacial score (nSPS) is 9.86. The van der Waals surface area contributed by atoms with E-state index in [1.165, 1.54) is 30.5 Å². The Hall–Kier alpha value is -2.58. The van der Waals surface area contributed by atoms with E-state index in [2.05, 4.69) is 15.6 Å². The number of nitro benzene ring substituents is 1. The van der Waals surface area contributed by atoms with Gasteiger partial charge < -0.3 is 5.32 Å². The first-order chi connectivity index (χ1) is 10.5. The van der Waals surface area contributed by atoms with E-state index < -0.39 is 10.8 Å². The van der Waals surface area contributed by atoms with Gasteiger partial charge in [0, 0.05) is 17.7 Å². The van der Waals surface area contributed by atoms with Crippen molar-refractivity contribution in [2.45, 2.75) is 0 Å². The molecule has 2 N–H and O–H groups in total. The summed E-state index contributed by atoms with van der Waals surface area (Å²) in [5.41, 5.74) is 0.729. The number of aromatic nitrogens is 1. The lowest BCUT2D eigenvalue weighted by Crippen LogP contribution is -2.34. The van der Waals surface area contributed by atoms with Gasteiger partial charge in [-0.25, -0.2) is 4.98 Å². The second-order valence-electron chi connectivity index (χ2n) is 4.08. The summed E-state index contributed by atoms with van der Waals surface area (Å²) in [5.74, 6) is -0.477. The van der Waals surface area contributed by atoms with Crippen molar-refractivity contribution < 1.29 is 9.72 Å². The Morgan fingerprint density at radius 1 is 1.23 bits per heavy atom. The van der Waals surface area contributed by atoms with Crippen LogP contribution in [0.3, 0.4) is 0 Å². The lowest BCUT2D eigenvalue weighted by Gasteiger charge is -2.09. The molecule has 112 valence electrons. The highest BCUT2D eigenvalue weighted by Crippen LogP contribution is 2.12. The summed E-state index contributed by atoms with van der Waals surface area (Å²) in [6.45, 7) is 0. The molecule has 0 atom stereocenters. The van der Waals surface area contributed by atoms with E-state index in [1.54, 1.807) is 12.1 Å². The fourth-order valence-electron chi connectivity index (χ4n) is 1.52. The van der Waals surface area contributed by atoms with Crippen LogP contribution >= 0.6 is 23.8 Å². The number of benzene rings is 1. The first-order valence-corrected chi connectivity index (χ1v) is 6.72. The van der Waals surface area contributed by atoms with Crippen molar-refractivity contribution in [3.8, 4) is 0 Å². The Labute approximate surface area is 135 Å². The van der Waals surface area contributed by atoms with E-state index in [0.717, 1.165) is 0 Å². The van der Waals surface area contributed by atoms with Gasteiger partial charge in [0.2, 0.25) is 0 Å². The van der Waals surface area contributed by atoms with Gasteiger partial charge in [-0.2, -0.15) is 0 Å². The summed E-state index contributed by atoms with van der Waals surface area (Å²) in [7, 11) is 0. The molecule has 1 aromatic heterocycles. The minimum atomic E-state index is -0.540. The number of pyridine rings is 1. The van der Waals surface area contributed by atoms with Crippen molar-refractivity contribution in [3.05, 3.63) is 63.4 Å². The fourth-order valence-corrected chi connectivity index (χ4v) is 1.84. The molecule has 9 heteroatoms. The zero-order chi connectivity index (χ0) is 16.1. The number of nitrogens with zero attached hydrogens (tertiary/aromatic N) is 2. The van der Waals surface area contributed by atoms with E-state index in [1.807, 2.05) is 0 Å². The molecule has 22 heavy (non-hydrogen) atoms. The molecule has 0 aliphatic heterocycles. The topological polar surface area (TPSA) is 97.2 Å². The number of carbonyl (C=O) groups is 1. The second kappa shape index (κ2) is 6.92. The van der Waals surface area contributed by atoms with Crippen LogP contribution in [0.25, 0.3) is 0 Å². The molecule has 1 amide bonds. The van der Waals surface area contributed by atoms with Gasteiger partial charge in [0.05, 0.1) is 16.8 Å². The largest absolute Gasteiger partial charge is 0.331 e. The van der Waals surface area contributed by atoms with Crippen LogP contribution in [0, 0.1) is 10.1 Å². The lowest BCUT2D eigenvalue weighted by atomic mass is 10.2. The lowest BCUT2D eigenvalue weighted by molar-refractivity contribution is -0.384. The summed E-state index contributed by atoms with van der Waals surface area (Å²) >= 11 is 10.7. The highest BCUT2D eigenvalue weighted by Gasteiger charge is 2.10. The van der Waals surface area contributed by atoms with Gasteiger partial charge in [-0.05, 0) is 36.5 Å². The Balaban J connectivity index is 1.97. The first-order valence-electron chi connectivity index (χ1n) is 5.94. The van der Waals surface area contributed by atoms with Crippen molar-refractivity contribution in [1.82, 2.24) is 10.3 Å². The van der Waals surface area contributed by atoms with Gasteiger partial charge in [-0.3, -0.25) is 20.2 Å². The number of halogens is 1. The molecule has 0 unspecified atom stereocenters. The summed E-state index contributed by atoms with van der Waals surface area (Å²) in [5, 5.41) is 16.2. The molecule has 0 aliphatic rings. The standard InChI is InChI=1S/C13H9ClN4O3S/c14-11-6-3-9(7-15-11)16-13(22)17-12(19)8-1-4-10(5-2-8)18(20)21/h1-7H,(H2,16,17,19,22). The van der Waals surface area contributed by atoms with Crippen LogP contribution in [-0.2, 0) is 0 Å². The quantitative estimate of drug-likeness (QED) is 0.387. The van der Waals surface area contributed by atoms with E-state index in [4.69, 9.17) is 23.8 Å². The number of hydrogen-bond donors (Lipinski definition) is 2. The van der Waals surface area contributed by atoms with Gasteiger partial charge in [0.15, 0.2) is 5.11 Å². The minimum Gasteiger partial charge on any atom is -0.331 e. The number of nitrogens with one attached hydrogen (secondary N) is 2. The van der Waals surface area contributed by atoms with Gasteiger partial charge in [0.25, 0.3) is 11.6 Å². The van der Waals surface area contributed by atoms with Gasteiger partial charge in [0.1, 0.15) is 5.15 Å². The molecule has 0 saturated heterocycles. The van der Waals surface area contributed by atoms with E-state index >= 15 is 0 Å². The molecule has 7 nitrogen and oxygen atoms in total. The number of anilines is 1. The van der Waals surface area contributed by atoms with Crippen LogP contribution in [0.1, 0.15) is 10.4 Å². The van der Waals surface area contributed by atoms with Crippen molar-refractivity contribution in [2.75, 3.05) is 5.32 Å². The number of non-ortho nitro benzene ring substituents is 1. The second-order valence-corrected chi connectivity index (χ2v) is 4.88. The summed E-state index contributed by atoms with van der Waals surface area (Å²) in [4.78, 5) is 25.8. The van der Waals surface area contributed by atoms with Crippen LogP contribution in [-0.4, -0.2) is 20.9 Å². The molecule has 0 aliphatic carbocycles. The summed E-state index contributed by atoms with van der Waals surface area (Å²) in [6.07, 6.45) is 1.46. The predicted molar refractivity (Wildman–Crippen MR) is 86.0 cm³/mol. The molecule has 0 bridgehead atoms.